The van der Waals surface area contributed by atoms with Crippen LogP contribution in [-0.4, -0.2) is 13.7 Å². The normalized spacial score (nSPS) is 12.2. The Labute approximate surface area is 125 Å². The fourth-order valence-corrected chi connectivity index (χ4v) is 2.49. The third-order valence-electron chi connectivity index (χ3n) is 3.40. The Morgan fingerprint density at radius 3 is 2.40 bits per heavy atom. The predicted octanol–water partition coefficient (Wildman–Crippen LogP) is 4.36. The summed E-state index contributed by atoms with van der Waals surface area (Å²) < 4.78 is 5.27. The third kappa shape index (κ3) is 3.33. The van der Waals surface area contributed by atoms with E-state index in [4.69, 9.17) is 16.3 Å². The second-order valence-corrected chi connectivity index (χ2v) is 5.20. The van der Waals surface area contributed by atoms with Gasteiger partial charge >= 0.3 is 0 Å². The van der Waals surface area contributed by atoms with Crippen molar-refractivity contribution in [3.8, 4) is 5.75 Å². The van der Waals surface area contributed by atoms with Crippen molar-refractivity contribution in [2.24, 2.45) is 0 Å². The molecule has 1 atom stereocenters. The molecule has 2 aromatic carbocycles. The lowest BCUT2D eigenvalue weighted by molar-refractivity contribution is 0.414. The Morgan fingerprint density at radius 2 is 1.85 bits per heavy atom. The number of benzene rings is 2. The van der Waals surface area contributed by atoms with Gasteiger partial charge in [0.25, 0.3) is 0 Å². The van der Waals surface area contributed by atoms with Crippen LogP contribution in [0.25, 0.3) is 0 Å². The average Bonchev–Trinajstić information content (AvgIpc) is 2.46. The van der Waals surface area contributed by atoms with Crippen LogP contribution in [0.15, 0.2) is 42.5 Å². The second-order valence-electron chi connectivity index (χ2n) is 4.76. The van der Waals surface area contributed by atoms with E-state index in [-0.39, 0.29) is 6.04 Å². The molecule has 106 valence electrons. The van der Waals surface area contributed by atoms with Gasteiger partial charge in [-0.25, -0.2) is 0 Å². The fraction of sp³-hybridized carbons (Fsp3) is 0.294. The van der Waals surface area contributed by atoms with Crippen LogP contribution in [-0.2, 0) is 0 Å². The molecule has 1 unspecified atom stereocenters. The first-order valence-corrected chi connectivity index (χ1v) is 7.17. The summed E-state index contributed by atoms with van der Waals surface area (Å²) in [5.41, 5.74) is 3.68. The average molecular weight is 290 g/mol. The zero-order valence-corrected chi connectivity index (χ0v) is 12.9. The minimum Gasteiger partial charge on any atom is -0.497 e. The second kappa shape index (κ2) is 6.78. The molecule has 0 spiro atoms. The molecule has 0 saturated heterocycles. The SMILES string of the molecule is CCNC(c1ccc(Cl)cc1)c1ccc(OC)cc1C. The van der Waals surface area contributed by atoms with Crippen molar-refractivity contribution in [3.05, 3.63) is 64.2 Å². The lowest BCUT2D eigenvalue weighted by atomic mass is 9.95. The molecule has 0 fully saturated rings. The van der Waals surface area contributed by atoms with Crippen LogP contribution in [0.4, 0.5) is 0 Å². The summed E-state index contributed by atoms with van der Waals surface area (Å²) in [5, 5.41) is 4.29. The van der Waals surface area contributed by atoms with Gasteiger partial charge in [-0.15, -0.1) is 0 Å². The highest BCUT2D eigenvalue weighted by Crippen LogP contribution is 2.28. The largest absolute Gasteiger partial charge is 0.497 e. The molecule has 0 aliphatic heterocycles. The van der Waals surface area contributed by atoms with Crippen LogP contribution >= 0.6 is 11.6 Å². The molecule has 0 aliphatic rings. The Kier molecular flexibility index (Phi) is 5.05. The van der Waals surface area contributed by atoms with Gasteiger partial charge < -0.3 is 10.1 Å². The van der Waals surface area contributed by atoms with Gasteiger partial charge in [-0.05, 0) is 54.4 Å². The van der Waals surface area contributed by atoms with Crippen molar-refractivity contribution in [1.29, 1.82) is 0 Å². The quantitative estimate of drug-likeness (QED) is 0.883. The summed E-state index contributed by atoms with van der Waals surface area (Å²) in [5.74, 6) is 0.887. The zero-order chi connectivity index (χ0) is 14.5. The van der Waals surface area contributed by atoms with Crippen LogP contribution in [0, 0.1) is 6.92 Å². The molecule has 2 rings (SSSR count). The van der Waals surface area contributed by atoms with Crippen molar-refractivity contribution in [1.82, 2.24) is 5.32 Å². The summed E-state index contributed by atoms with van der Waals surface area (Å²) in [4.78, 5) is 0. The molecule has 0 heterocycles. The van der Waals surface area contributed by atoms with Crippen molar-refractivity contribution < 1.29 is 4.74 Å². The molecule has 2 aromatic rings. The summed E-state index contributed by atoms with van der Waals surface area (Å²) in [6.07, 6.45) is 0. The monoisotopic (exact) mass is 289 g/mol. The van der Waals surface area contributed by atoms with Crippen molar-refractivity contribution in [2.75, 3.05) is 13.7 Å². The van der Waals surface area contributed by atoms with E-state index in [2.05, 4.69) is 43.4 Å². The molecule has 2 nitrogen and oxygen atoms in total. The summed E-state index contributed by atoms with van der Waals surface area (Å²) in [6.45, 7) is 5.12. The Morgan fingerprint density at radius 1 is 1.15 bits per heavy atom. The number of rotatable bonds is 5. The number of hydrogen-bond acceptors (Lipinski definition) is 2. The summed E-state index contributed by atoms with van der Waals surface area (Å²) >= 11 is 5.97. The smallest absolute Gasteiger partial charge is 0.119 e. The minimum absolute atomic E-state index is 0.170. The van der Waals surface area contributed by atoms with Crippen LogP contribution in [0.3, 0.4) is 0 Å². The maximum absolute atomic E-state index is 5.97. The zero-order valence-electron chi connectivity index (χ0n) is 12.1. The van der Waals surface area contributed by atoms with E-state index in [1.807, 2.05) is 18.2 Å². The van der Waals surface area contributed by atoms with Gasteiger partial charge in [-0.2, -0.15) is 0 Å². The predicted molar refractivity (Wildman–Crippen MR) is 84.7 cm³/mol. The third-order valence-corrected chi connectivity index (χ3v) is 3.65. The van der Waals surface area contributed by atoms with Gasteiger partial charge in [-0.3, -0.25) is 0 Å². The van der Waals surface area contributed by atoms with Gasteiger partial charge in [0.2, 0.25) is 0 Å². The first kappa shape index (κ1) is 14.9. The van der Waals surface area contributed by atoms with Crippen LogP contribution in [0.1, 0.15) is 29.7 Å². The van der Waals surface area contributed by atoms with E-state index in [1.165, 1.54) is 16.7 Å². The van der Waals surface area contributed by atoms with E-state index in [9.17, 15) is 0 Å². The van der Waals surface area contributed by atoms with Gasteiger partial charge in [0.15, 0.2) is 0 Å². The van der Waals surface area contributed by atoms with E-state index in [1.54, 1.807) is 7.11 Å². The number of ether oxygens (including phenoxy) is 1. The number of methoxy groups -OCH3 is 1. The molecular formula is C17H20ClNO. The Bertz CT molecular complexity index is 566. The lowest BCUT2D eigenvalue weighted by Crippen LogP contribution is -2.22. The number of hydrogen-bond donors (Lipinski definition) is 1. The maximum atomic E-state index is 5.97. The van der Waals surface area contributed by atoms with Crippen molar-refractivity contribution in [2.45, 2.75) is 19.9 Å². The summed E-state index contributed by atoms with van der Waals surface area (Å²) in [7, 11) is 1.69. The van der Waals surface area contributed by atoms with Crippen molar-refractivity contribution in [3.63, 3.8) is 0 Å². The van der Waals surface area contributed by atoms with E-state index in [0.29, 0.717) is 0 Å². The molecule has 0 bridgehead atoms. The molecule has 1 N–H and O–H groups in total. The molecule has 3 heteroatoms. The molecular weight excluding hydrogens is 270 g/mol. The molecule has 0 aromatic heterocycles. The van der Waals surface area contributed by atoms with E-state index < -0.39 is 0 Å². The number of halogens is 1. The number of aryl methyl sites for hydroxylation is 1. The molecule has 0 aliphatic carbocycles. The van der Waals surface area contributed by atoms with E-state index >= 15 is 0 Å². The summed E-state index contributed by atoms with van der Waals surface area (Å²) in [6, 6.07) is 14.4. The number of nitrogens with one attached hydrogen (secondary N) is 1. The minimum atomic E-state index is 0.170. The first-order valence-electron chi connectivity index (χ1n) is 6.79. The van der Waals surface area contributed by atoms with Gasteiger partial charge in [-0.1, -0.05) is 36.7 Å². The topological polar surface area (TPSA) is 21.3 Å². The highest BCUT2D eigenvalue weighted by molar-refractivity contribution is 6.30. The van der Waals surface area contributed by atoms with Gasteiger partial charge in [0.05, 0.1) is 13.2 Å². The first-order chi connectivity index (χ1) is 9.65. The Hall–Kier alpha value is -1.51. The Balaban J connectivity index is 2.40. The molecule has 0 radical (unpaired) electrons. The highest BCUT2D eigenvalue weighted by atomic mass is 35.5. The molecule has 0 saturated carbocycles. The highest BCUT2D eigenvalue weighted by Gasteiger charge is 2.15. The van der Waals surface area contributed by atoms with Crippen LogP contribution in [0.2, 0.25) is 5.02 Å². The molecule has 20 heavy (non-hydrogen) atoms. The molecule has 0 amide bonds. The van der Waals surface area contributed by atoms with E-state index in [0.717, 1.165) is 17.3 Å². The van der Waals surface area contributed by atoms with Crippen LogP contribution in [0.5, 0.6) is 5.75 Å². The van der Waals surface area contributed by atoms with Crippen molar-refractivity contribution >= 4 is 11.6 Å². The van der Waals surface area contributed by atoms with Gasteiger partial charge in [0.1, 0.15) is 5.75 Å². The lowest BCUT2D eigenvalue weighted by Gasteiger charge is -2.21. The fourth-order valence-electron chi connectivity index (χ4n) is 2.37. The maximum Gasteiger partial charge on any atom is 0.119 e. The van der Waals surface area contributed by atoms with Gasteiger partial charge in [0, 0.05) is 5.02 Å². The standard InChI is InChI=1S/C17H20ClNO/c1-4-19-17(13-5-7-14(18)8-6-13)16-10-9-15(20-3)11-12(16)2/h5-11,17,19H,4H2,1-3H3. The van der Waals surface area contributed by atoms with Crippen LogP contribution < -0.4 is 10.1 Å².